The lowest BCUT2D eigenvalue weighted by molar-refractivity contribution is -0.119. The summed E-state index contributed by atoms with van der Waals surface area (Å²) >= 11 is 0. The van der Waals surface area contributed by atoms with E-state index < -0.39 is 0 Å². The molecule has 0 spiro atoms. The largest absolute Gasteiger partial charge is 0.385 e. The van der Waals surface area contributed by atoms with Crippen molar-refractivity contribution in [3.8, 4) is 0 Å². The zero-order chi connectivity index (χ0) is 12.5. The molecule has 0 unspecified atom stereocenters. The number of amides is 1. The normalized spacial score (nSPS) is 19.6. The lowest BCUT2D eigenvalue weighted by atomic mass is 10.0. The highest BCUT2D eigenvalue weighted by Crippen LogP contribution is 2.37. The zero-order valence-corrected chi connectivity index (χ0v) is 10.8. The van der Waals surface area contributed by atoms with Crippen LogP contribution in [0.15, 0.2) is 18.2 Å². The molecule has 0 bridgehead atoms. The van der Waals surface area contributed by atoms with Crippen LogP contribution in [0.3, 0.4) is 0 Å². The second-order valence-corrected chi connectivity index (χ2v) is 5.52. The van der Waals surface area contributed by atoms with Gasteiger partial charge in [-0.3, -0.25) is 4.79 Å². The number of carbonyl (C=O) groups excluding carboxylic acids is 1. The molecule has 0 aromatic heterocycles. The number of hydrogen-bond acceptors (Lipinski definition) is 2. The van der Waals surface area contributed by atoms with Crippen LogP contribution in [0.5, 0.6) is 0 Å². The predicted molar refractivity (Wildman–Crippen MR) is 73.8 cm³/mol. The van der Waals surface area contributed by atoms with Crippen molar-refractivity contribution >= 4 is 17.3 Å². The molecule has 1 aliphatic carbocycles. The molecular formula is C15H20N2O. The van der Waals surface area contributed by atoms with Gasteiger partial charge in [-0.25, -0.2) is 0 Å². The molecular weight excluding hydrogens is 224 g/mol. The minimum atomic E-state index is 0.152. The fourth-order valence-electron chi connectivity index (χ4n) is 2.62. The molecule has 1 aliphatic heterocycles. The number of nitrogens with one attached hydrogen (secondary N) is 2. The highest BCUT2D eigenvalue weighted by Gasteiger charge is 2.32. The summed E-state index contributed by atoms with van der Waals surface area (Å²) in [7, 11) is 0. The maximum absolute atomic E-state index is 12.0. The molecule has 18 heavy (non-hydrogen) atoms. The van der Waals surface area contributed by atoms with Gasteiger partial charge in [0.15, 0.2) is 0 Å². The molecule has 3 nitrogen and oxygen atoms in total. The summed E-state index contributed by atoms with van der Waals surface area (Å²) in [5.41, 5.74) is 3.47. The van der Waals surface area contributed by atoms with Crippen LogP contribution in [-0.4, -0.2) is 12.5 Å². The number of benzene rings is 1. The lowest BCUT2D eigenvalue weighted by Gasteiger charge is -2.19. The van der Waals surface area contributed by atoms with Crippen LogP contribution in [0, 0.1) is 11.8 Å². The summed E-state index contributed by atoms with van der Waals surface area (Å²) < 4.78 is 0. The summed E-state index contributed by atoms with van der Waals surface area (Å²) in [6, 6.07) is 6.18. The Hall–Kier alpha value is -1.51. The summed E-state index contributed by atoms with van der Waals surface area (Å²) in [6.07, 6.45) is 4.69. The van der Waals surface area contributed by atoms with Crippen molar-refractivity contribution in [3.05, 3.63) is 23.8 Å². The van der Waals surface area contributed by atoms with Gasteiger partial charge in [-0.15, -0.1) is 0 Å². The molecule has 1 heterocycles. The number of rotatable bonds is 3. The first-order chi connectivity index (χ1) is 8.74. The van der Waals surface area contributed by atoms with Crippen LogP contribution in [0.2, 0.25) is 0 Å². The van der Waals surface area contributed by atoms with E-state index in [-0.39, 0.29) is 11.8 Å². The van der Waals surface area contributed by atoms with Crippen LogP contribution in [0.4, 0.5) is 11.4 Å². The van der Waals surface area contributed by atoms with Crippen LogP contribution in [0.1, 0.15) is 31.7 Å². The Morgan fingerprint density at radius 1 is 1.44 bits per heavy atom. The van der Waals surface area contributed by atoms with Crippen LogP contribution in [0.25, 0.3) is 0 Å². The van der Waals surface area contributed by atoms with Gasteiger partial charge in [-0.1, -0.05) is 6.92 Å². The summed E-state index contributed by atoms with van der Waals surface area (Å²) in [5, 5.41) is 6.43. The SMILES string of the molecule is C[C@@H](C(=O)Nc1ccc2c(c1)CCCN2)C1CC1. The second-order valence-electron chi connectivity index (χ2n) is 5.52. The summed E-state index contributed by atoms with van der Waals surface area (Å²) in [5.74, 6) is 0.935. The van der Waals surface area contributed by atoms with Crippen LogP contribution in [-0.2, 0) is 11.2 Å². The summed E-state index contributed by atoms with van der Waals surface area (Å²) in [4.78, 5) is 12.0. The van der Waals surface area contributed by atoms with Crippen molar-refractivity contribution < 1.29 is 4.79 Å². The van der Waals surface area contributed by atoms with Gasteiger partial charge >= 0.3 is 0 Å². The number of hydrogen-bond donors (Lipinski definition) is 2. The first-order valence-electron chi connectivity index (χ1n) is 6.92. The minimum Gasteiger partial charge on any atom is -0.385 e. The molecule has 1 aromatic carbocycles. The quantitative estimate of drug-likeness (QED) is 0.858. The maximum atomic E-state index is 12.0. The third kappa shape index (κ3) is 2.35. The molecule has 3 heteroatoms. The smallest absolute Gasteiger partial charge is 0.227 e. The first-order valence-corrected chi connectivity index (χ1v) is 6.92. The molecule has 1 aromatic rings. The third-order valence-corrected chi connectivity index (χ3v) is 4.05. The van der Waals surface area contributed by atoms with E-state index in [1.54, 1.807) is 0 Å². The van der Waals surface area contributed by atoms with E-state index in [1.807, 2.05) is 13.0 Å². The minimum absolute atomic E-state index is 0.152. The molecule has 1 saturated carbocycles. The topological polar surface area (TPSA) is 41.1 Å². The Balaban J connectivity index is 1.70. The molecule has 96 valence electrons. The lowest BCUT2D eigenvalue weighted by Crippen LogP contribution is -2.22. The van der Waals surface area contributed by atoms with Gasteiger partial charge in [0, 0.05) is 23.8 Å². The average Bonchev–Trinajstić information content (AvgIpc) is 3.22. The van der Waals surface area contributed by atoms with Gasteiger partial charge in [0.05, 0.1) is 0 Å². The average molecular weight is 244 g/mol. The van der Waals surface area contributed by atoms with Crippen LogP contribution < -0.4 is 10.6 Å². The van der Waals surface area contributed by atoms with Crippen molar-refractivity contribution in [1.29, 1.82) is 0 Å². The molecule has 3 rings (SSSR count). The van der Waals surface area contributed by atoms with Crippen molar-refractivity contribution in [1.82, 2.24) is 0 Å². The van der Waals surface area contributed by atoms with Crippen LogP contribution >= 0.6 is 0 Å². The fraction of sp³-hybridized carbons (Fsp3) is 0.533. The van der Waals surface area contributed by atoms with Gasteiger partial charge in [0.25, 0.3) is 0 Å². The molecule has 1 amide bonds. The highest BCUT2D eigenvalue weighted by molar-refractivity contribution is 5.93. The third-order valence-electron chi connectivity index (χ3n) is 4.05. The predicted octanol–water partition coefficient (Wildman–Crippen LogP) is 3.03. The Bertz CT molecular complexity index is 466. The Labute approximate surface area is 108 Å². The van der Waals surface area contributed by atoms with Gasteiger partial charge in [-0.2, -0.15) is 0 Å². The van der Waals surface area contributed by atoms with Crippen molar-refractivity contribution in [3.63, 3.8) is 0 Å². The van der Waals surface area contributed by atoms with Crippen molar-refractivity contribution in [2.24, 2.45) is 11.8 Å². The Morgan fingerprint density at radius 2 is 2.28 bits per heavy atom. The highest BCUT2D eigenvalue weighted by atomic mass is 16.1. The number of aryl methyl sites for hydroxylation is 1. The Kier molecular flexibility index (Phi) is 2.98. The molecule has 2 aliphatic rings. The second kappa shape index (κ2) is 4.63. The van der Waals surface area contributed by atoms with Crippen molar-refractivity contribution in [2.75, 3.05) is 17.2 Å². The van der Waals surface area contributed by atoms with E-state index >= 15 is 0 Å². The van der Waals surface area contributed by atoms with E-state index in [1.165, 1.54) is 30.5 Å². The number of fused-ring (bicyclic) bond motifs is 1. The molecule has 1 atom stereocenters. The molecule has 1 fully saturated rings. The molecule has 2 N–H and O–H groups in total. The van der Waals surface area contributed by atoms with E-state index in [4.69, 9.17) is 0 Å². The van der Waals surface area contributed by atoms with Gasteiger partial charge < -0.3 is 10.6 Å². The van der Waals surface area contributed by atoms with Gasteiger partial charge in [-0.05, 0) is 55.4 Å². The first kappa shape index (κ1) is 11.6. The Morgan fingerprint density at radius 3 is 3.06 bits per heavy atom. The van der Waals surface area contributed by atoms with Gasteiger partial charge in [0.2, 0.25) is 5.91 Å². The summed E-state index contributed by atoms with van der Waals surface area (Å²) in [6.45, 7) is 3.09. The van der Waals surface area contributed by atoms with Crippen molar-refractivity contribution in [2.45, 2.75) is 32.6 Å². The number of anilines is 2. The zero-order valence-electron chi connectivity index (χ0n) is 10.8. The number of carbonyl (C=O) groups is 1. The van der Waals surface area contributed by atoms with E-state index in [0.717, 1.165) is 18.7 Å². The standard InChI is InChI=1S/C15H20N2O/c1-10(11-4-5-11)15(18)17-13-6-7-14-12(9-13)3-2-8-16-14/h6-7,9-11,16H,2-5,8H2,1H3,(H,17,18)/t10-/m1/s1. The van der Waals surface area contributed by atoms with E-state index in [0.29, 0.717) is 5.92 Å². The monoisotopic (exact) mass is 244 g/mol. The molecule has 0 saturated heterocycles. The maximum Gasteiger partial charge on any atom is 0.227 e. The molecule has 0 radical (unpaired) electrons. The van der Waals surface area contributed by atoms with Gasteiger partial charge in [0.1, 0.15) is 0 Å². The fourth-order valence-corrected chi connectivity index (χ4v) is 2.62. The van der Waals surface area contributed by atoms with E-state index in [2.05, 4.69) is 22.8 Å². The van der Waals surface area contributed by atoms with E-state index in [9.17, 15) is 4.79 Å².